The maximum Gasteiger partial charge on any atom is 0.251 e. The highest BCUT2D eigenvalue weighted by Crippen LogP contribution is 2.40. The predicted molar refractivity (Wildman–Crippen MR) is 121 cm³/mol. The van der Waals surface area contributed by atoms with E-state index >= 15 is 0 Å². The van der Waals surface area contributed by atoms with E-state index in [0.29, 0.717) is 24.7 Å². The highest BCUT2D eigenvalue weighted by atomic mass is 16.5. The molecule has 0 saturated carbocycles. The lowest BCUT2D eigenvalue weighted by Gasteiger charge is -2.19. The molecule has 3 aromatic heterocycles. The van der Waals surface area contributed by atoms with Crippen LogP contribution in [0.25, 0.3) is 22.0 Å². The second-order valence-corrected chi connectivity index (χ2v) is 7.81. The van der Waals surface area contributed by atoms with Crippen molar-refractivity contribution in [3.8, 4) is 16.9 Å². The third kappa shape index (κ3) is 4.22. The van der Waals surface area contributed by atoms with Crippen LogP contribution in [0.5, 0.6) is 5.75 Å². The molecule has 0 bridgehead atoms. The highest BCUT2D eigenvalue weighted by Gasteiger charge is 2.22. The fourth-order valence-corrected chi connectivity index (χ4v) is 3.73. The van der Waals surface area contributed by atoms with E-state index in [-0.39, 0.29) is 5.56 Å². The molecule has 0 aliphatic carbocycles. The van der Waals surface area contributed by atoms with Crippen LogP contribution in [-0.2, 0) is 6.54 Å². The maximum absolute atomic E-state index is 13.0. The number of likely N-dealkylation sites (N-methyl/N-ethyl adjacent to an activating group) is 1. The average Bonchev–Trinajstić information content (AvgIpc) is 3.08. The summed E-state index contributed by atoms with van der Waals surface area (Å²) in [5, 5.41) is 5.08. The van der Waals surface area contributed by atoms with Crippen LogP contribution in [0.2, 0.25) is 0 Å². The van der Waals surface area contributed by atoms with Crippen LogP contribution in [0.1, 0.15) is 17.1 Å². The molecule has 0 saturated heterocycles. The maximum atomic E-state index is 13.0. The fourth-order valence-electron chi connectivity index (χ4n) is 3.73. The summed E-state index contributed by atoms with van der Waals surface area (Å²) in [6.07, 6.45) is 1.73. The van der Waals surface area contributed by atoms with E-state index in [9.17, 15) is 4.79 Å². The van der Waals surface area contributed by atoms with Crippen molar-refractivity contribution in [2.45, 2.75) is 20.4 Å². The molecule has 0 unspecified atom stereocenters. The summed E-state index contributed by atoms with van der Waals surface area (Å²) >= 11 is 0. The van der Waals surface area contributed by atoms with Crippen molar-refractivity contribution in [3.63, 3.8) is 0 Å². The van der Waals surface area contributed by atoms with Crippen LogP contribution in [0, 0.1) is 13.8 Å². The van der Waals surface area contributed by atoms with Gasteiger partial charge in [-0.05, 0) is 63.7 Å². The summed E-state index contributed by atoms with van der Waals surface area (Å²) in [6, 6.07) is 13.1. The van der Waals surface area contributed by atoms with Crippen LogP contribution in [0.4, 0.5) is 0 Å². The van der Waals surface area contributed by atoms with Gasteiger partial charge < -0.3 is 18.7 Å². The molecule has 0 aliphatic rings. The molecule has 31 heavy (non-hydrogen) atoms. The van der Waals surface area contributed by atoms with Crippen LogP contribution in [0.3, 0.4) is 0 Å². The number of nitrogens with zero attached hydrogens (tertiary/aromatic N) is 4. The number of hydrogen-bond acceptors (Lipinski definition) is 6. The zero-order chi connectivity index (χ0) is 22.0. The molecule has 160 valence electrons. The Morgan fingerprint density at radius 1 is 1.06 bits per heavy atom. The van der Waals surface area contributed by atoms with Crippen molar-refractivity contribution in [2.24, 2.45) is 0 Å². The van der Waals surface area contributed by atoms with Crippen molar-refractivity contribution in [2.75, 3.05) is 27.2 Å². The van der Waals surface area contributed by atoms with E-state index in [2.05, 4.69) is 15.0 Å². The summed E-state index contributed by atoms with van der Waals surface area (Å²) in [6.45, 7) is 5.43. The molecule has 0 fully saturated rings. The lowest BCUT2D eigenvalue weighted by atomic mass is 9.98. The molecule has 1 aromatic carbocycles. The zero-order valence-corrected chi connectivity index (χ0v) is 18.3. The van der Waals surface area contributed by atoms with Gasteiger partial charge in [0.1, 0.15) is 18.1 Å². The first-order valence-corrected chi connectivity index (χ1v) is 10.2. The van der Waals surface area contributed by atoms with E-state index in [1.807, 2.05) is 64.3 Å². The molecule has 0 radical (unpaired) electrons. The minimum Gasteiger partial charge on any atom is -0.492 e. The van der Waals surface area contributed by atoms with Crippen LogP contribution in [-0.4, -0.2) is 46.9 Å². The van der Waals surface area contributed by atoms with Gasteiger partial charge in [0.15, 0.2) is 0 Å². The van der Waals surface area contributed by atoms with Gasteiger partial charge in [0.05, 0.1) is 34.6 Å². The molecule has 0 amide bonds. The van der Waals surface area contributed by atoms with Crippen LogP contribution in [0.15, 0.2) is 58.0 Å². The second-order valence-electron chi connectivity index (χ2n) is 7.81. The topological polar surface area (TPSA) is 73.4 Å². The summed E-state index contributed by atoms with van der Waals surface area (Å²) in [4.78, 5) is 19.5. The first-order chi connectivity index (χ1) is 15.0. The monoisotopic (exact) mass is 418 g/mol. The third-order valence-electron chi connectivity index (χ3n) is 5.24. The van der Waals surface area contributed by atoms with E-state index in [4.69, 9.17) is 9.26 Å². The number of fused-ring (bicyclic) bond motifs is 1. The lowest BCUT2D eigenvalue weighted by molar-refractivity contribution is 0.262. The predicted octanol–water partition coefficient (Wildman–Crippen LogP) is 3.66. The fraction of sp³-hybridized carbons (Fsp3) is 0.292. The molecular weight excluding hydrogens is 392 g/mol. The van der Waals surface area contributed by atoms with Gasteiger partial charge in [0, 0.05) is 18.8 Å². The number of aryl methyl sites for hydroxylation is 2. The van der Waals surface area contributed by atoms with Gasteiger partial charge in [-0.2, -0.15) is 0 Å². The number of pyridine rings is 2. The normalized spacial score (nSPS) is 11.4. The molecule has 4 aromatic rings. The minimum atomic E-state index is -0.100. The van der Waals surface area contributed by atoms with Crippen molar-refractivity contribution in [1.82, 2.24) is 19.6 Å². The first-order valence-electron chi connectivity index (χ1n) is 10.2. The summed E-state index contributed by atoms with van der Waals surface area (Å²) in [5.74, 6) is 1.38. The molecule has 0 aliphatic heterocycles. The lowest BCUT2D eigenvalue weighted by Crippen LogP contribution is -2.22. The van der Waals surface area contributed by atoms with Crippen molar-refractivity contribution < 1.29 is 9.26 Å². The van der Waals surface area contributed by atoms with Crippen LogP contribution < -0.4 is 10.3 Å². The molecule has 7 nitrogen and oxygen atoms in total. The van der Waals surface area contributed by atoms with E-state index < -0.39 is 0 Å². The Morgan fingerprint density at radius 3 is 2.55 bits per heavy atom. The Bertz CT molecular complexity index is 1240. The van der Waals surface area contributed by atoms with Gasteiger partial charge >= 0.3 is 0 Å². The molecule has 4 rings (SSSR count). The minimum absolute atomic E-state index is 0.100. The van der Waals surface area contributed by atoms with E-state index in [1.165, 1.54) is 0 Å². The first kappa shape index (κ1) is 20.8. The molecule has 0 atom stereocenters. The average molecular weight is 418 g/mol. The summed E-state index contributed by atoms with van der Waals surface area (Å²) < 4.78 is 13.4. The number of rotatable bonds is 7. The van der Waals surface area contributed by atoms with Gasteiger partial charge in [-0.3, -0.25) is 9.78 Å². The molecule has 3 heterocycles. The standard InChI is InChI=1S/C24H26N4O3/c1-16-22(17(2)31-26-16)23-20(30-14-13-27(3)4)10-8-18-9-11-21(29)28(24(18)23)15-19-7-5-6-12-25-19/h5-12H,13-15H2,1-4H3. The van der Waals surface area contributed by atoms with Crippen molar-refractivity contribution in [1.29, 1.82) is 0 Å². The number of aromatic nitrogens is 3. The Hall–Kier alpha value is -3.45. The van der Waals surface area contributed by atoms with E-state index in [0.717, 1.165) is 40.0 Å². The zero-order valence-electron chi connectivity index (χ0n) is 18.3. The van der Waals surface area contributed by atoms with Gasteiger partial charge in [0.25, 0.3) is 5.56 Å². The Balaban J connectivity index is 1.98. The molecular formula is C24H26N4O3. The van der Waals surface area contributed by atoms with Crippen LogP contribution >= 0.6 is 0 Å². The summed E-state index contributed by atoms with van der Waals surface area (Å²) in [7, 11) is 4.01. The number of benzene rings is 1. The van der Waals surface area contributed by atoms with Gasteiger partial charge in [-0.15, -0.1) is 0 Å². The van der Waals surface area contributed by atoms with Crippen molar-refractivity contribution >= 4 is 10.9 Å². The van der Waals surface area contributed by atoms with Gasteiger partial charge in [-0.25, -0.2) is 0 Å². The molecule has 7 heteroatoms. The van der Waals surface area contributed by atoms with Gasteiger partial charge in [-0.1, -0.05) is 11.2 Å². The SMILES string of the molecule is Cc1noc(C)c1-c1c(OCCN(C)C)ccc2ccc(=O)n(Cc3ccccn3)c12. The third-order valence-corrected chi connectivity index (χ3v) is 5.24. The Labute approximate surface area is 180 Å². The van der Waals surface area contributed by atoms with Crippen molar-refractivity contribution in [3.05, 3.63) is 76.2 Å². The second kappa shape index (κ2) is 8.73. The largest absolute Gasteiger partial charge is 0.492 e. The quantitative estimate of drug-likeness (QED) is 0.456. The Morgan fingerprint density at radius 2 is 1.87 bits per heavy atom. The number of ether oxygens (including phenoxy) is 1. The molecule has 0 spiro atoms. The smallest absolute Gasteiger partial charge is 0.251 e. The number of hydrogen-bond donors (Lipinski definition) is 0. The molecule has 0 N–H and O–H groups in total. The van der Waals surface area contributed by atoms with E-state index in [1.54, 1.807) is 16.8 Å². The summed E-state index contributed by atoms with van der Waals surface area (Å²) in [5.41, 5.74) is 3.92. The van der Waals surface area contributed by atoms with Gasteiger partial charge in [0.2, 0.25) is 0 Å². The Kier molecular flexibility index (Phi) is 5.86. The highest BCUT2D eigenvalue weighted by molar-refractivity contribution is 5.98.